The van der Waals surface area contributed by atoms with Crippen molar-refractivity contribution >= 4 is 58.5 Å². The molecule has 294 valence electrons. The van der Waals surface area contributed by atoms with Crippen LogP contribution in [-0.4, -0.2) is 98.9 Å². The highest BCUT2D eigenvalue weighted by Crippen LogP contribution is 2.38. The third-order valence-electron chi connectivity index (χ3n) is 9.39. The predicted molar refractivity (Wildman–Crippen MR) is 209 cm³/mol. The summed E-state index contributed by atoms with van der Waals surface area (Å²) >= 11 is 0. The Morgan fingerprint density at radius 1 is 0.839 bits per heavy atom. The first-order chi connectivity index (χ1) is 26.8. The number of aliphatic imine (C=N–C) groups is 1. The summed E-state index contributed by atoms with van der Waals surface area (Å²) in [4.78, 5) is 71.1. The number of benzene rings is 1. The van der Waals surface area contributed by atoms with E-state index in [1.807, 2.05) is 0 Å². The van der Waals surface area contributed by atoms with Gasteiger partial charge in [0, 0.05) is 78.1 Å². The van der Waals surface area contributed by atoms with Crippen molar-refractivity contribution in [3.63, 3.8) is 0 Å². The quantitative estimate of drug-likeness (QED) is 0.0892. The van der Waals surface area contributed by atoms with Crippen molar-refractivity contribution in [2.45, 2.75) is 31.7 Å². The molecule has 6 rings (SSSR count). The maximum atomic E-state index is 13.2. The Kier molecular flexibility index (Phi) is 11.7. The van der Waals surface area contributed by atoms with Gasteiger partial charge in [-0.05, 0) is 43.5 Å². The number of nitrogens with zero attached hydrogens (tertiary/aromatic N) is 5. The second-order valence-electron chi connectivity index (χ2n) is 13.7. The number of aliphatic hydroxyl groups is 1. The molecule has 2 aliphatic rings. The summed E-state index contributed by atoms with van der Waals surface area (Å²) in [5.74, 6) is -0.849. The van der Waals surface area contributed by atoms with Crippen LogP contribution < -0.4 is 30.7 Å². The van der Waals surface area contributed by atoms with E-state index < -0.39 is 11.8 Å². The number of hydrogen-bond acceptors (Lipinski definition) is 9. The molecule has 1 aromatic carbocycles. The lowest BCUT2D eigenvalue weighted by molar-refractivity contribution is -0.116. The number of fused-ring (bicyclic) bond motifs is 2. The number of aromatic nitrogens is 3. The summed E-state index contributed by atoms with van der Waals surface area (Å²) in [5.41, 5.74) is 3.99. The molecule has 0 bridgehead atoms. The number of amides is 5. The summed E-state index contributed by atoms with van der Waals surface area (Å²) in [6, 6.07) is 7.80. The van der Waals surface area contributed by atoms with Crippen molar-refractivity contribution < 1.29 is 38.6 Å². The molecule has 5 amide bonds. The first-order valence-electron chi connectivity index (χ1n) is 18.0. The SMILES string of the molecule is C=C1CC2C=Nc3cc(OCCCC(=O)Nc4cc(C(=O)Nc5cc(C(=O)Nc6cc(C(=O)NCCCO)n(C)c6)n(C)c5)n(C)c4)c(OC)cc3C(=O)N2C1. The Labute approximate surface area is 323 Å². The molecular weight excluding hydrogens is 722 g/mol. The number of ether oxygens (including phenoxy) is 2. The Hall–Kier alpha value is -6.62. The van der Waals surface area contributed by atoms with Crippen molar-refractivity contribution in [1.29, 1.82) is 0 Å². The van der Waals surface area contributed by atoms with Crippen LogP contribution in [0.3, 0.4) is 0 Å². The van der Waals surface area contributed by atoms with Gasteiger partial charge in [0.05, 0.1) is 48.1 Å². The fourth-order valence-electron chi connectivity index (χ4n) is 6.58. The standard InChI is InChI=1S/C39H45N9O8/c1-23-12-27-18-41-29-17-34(33(55-5)16-28(29)39(54)48(27)19-23)56-11-6-8-35(50)42-24-13-31(46(3)20-24)37(52)44-26-15-32(47(4)22-26)38(53)43-25-14-30(45(2)21-25)36(51)40-9-7-10-49/h13-18,20-22,27,49H,1,6-12,19H2,2-5H3,(H,40,51)(H,42,50)(H,43,53)(H,44,52). The number of carbonyl (C=O) groups excluding carboxylic acids is 5. The normalized spacial score (nSPS) is 14.5. The smallest absolute Gasteiger partial charge is 0.272 e. The average molecular weight is 768 g/mol. The molecule has 1 unspecified atom stereocenters. The molecular formula is C39H45N9O8. The number of aryl methyl sites for hydroxylation is 3. The molecule has 5 heterocycles. The molecule has 0 radical (unpaired) electrons. The molecule has 1 saturated heterocycles. The molecule has 0 saturated carbocycles. The minimum Gasteiger partial charge on any atom is -0.493 e. The molecule has 4 aromatic rings. The number of aliphatic hydroxyl groups excluding tert-OH is 1. The van der Waals surface area contributed by atoms with Gasteiger partial charge in [-0.15, -0.1) is 0 Å². The van der Waals surface area contributed by atoms with Crippen LogP contribution in [0, 0.1) is 0 Å². The largest absolute Gasteiger partial charge is 0.493 e. The van der Waals surface area contributed by atoms with E-state index >= 15 is 0 Å². The van der Waals surface area contributed by atoms with E-state index in [0.29, 0.717) is 77.9 Å². The van der Waals surface area contributed by atoms with Gasteiger partial charge in [0.15, 0.2) is 11.5 Å². The first kappa shape index (κ1) is 39.1. The van der Waals surface area contributed by atoms with Crippen LogP contribution in [-0.2, 0) is 25.9 Å². The van der Waals surface area contributed by atoms with Crippen molar-refractivity contribution in [2.24, 2.45) is 26.1 Å². The third kappa shape index (κ3) is 8.68. The lowest BCUT2D eigenvalue weighted by Gasteiger charge is -2.20. The molecule has 56 heavy (non-hydrogen) atoms. The van der Waals surface area contributed by atoms with E-state index in [0.717, 1.165) is 5.57 Å². The van der Waals surface area contributed by atoms with Crippen molar-refractivity contribution in [3.05, 3.63) is 83.7 Å². The molecule has 17 nitrogen and oxygen atoms in total. The Morgan fingerprint density at radius 2 is 1.43 bits per heavy atom. The Morgan fingerprint density at radius 3 is 2.02 bits per heavy atom. The molecule has 1 atom stereocenters. The Bertz CT molecular complexity index is 2230. The Balaban J connectivity index is 0.992. The number of rotatable bonds is 15. The second kappa shape index (κ2) is 16.8. The number of methoxy groups -OCH3 is 1. The van der Waals surface area contributed by atoms with Crippen LogP contribution in [0.2, 0.25) is 0 Å². The summed E-state index contributed by atoms with van der Waals surface area (Å²) in [5, 5.41) is 20.0. The van der Waals surface area contributed by atoms with Gasteiger partial charge in [-0.2, -0.15) is 0 Å². The first-order valence-corrected chi connectivity index (χ1v) is 18.0. The van der Waals surface area contributed by atoms with Gasteiger partial charge in [0.1, 0.15) is 17.1 Å². The topological polar surface area (TPSA) is 203 Å². The summed E-state index contributed by atoms with van der Waals surface area (Å²) in [6.45, 7) is 4.98. The van der Waals surface area contributed by atoms with E-state index in [4.69, 9.17) is 14.6 Å². The zero-order valence-corrected chi connectivity index (χ0v) is 31.7. The van der Waals surface area contributed by atoms with Crippen LogP contribution >= 0.6 is 0 Å². The fourth-order valence-corrected chi connectivity index (χ4v) is 6.58. The maximum Gasteiger partial charge on any atom is 0.272 e. The molecule has 5 N–H and O–H groups in total. The molecule has 3 aromatic heterocycles. The summed E-state index contributed by atoms with van der Waals surface area (Å²) in [7, 11) is 6.52. The van der Waals surface area contributed by atoms with Gasteiger partial charge in [-0.1, -0.05) is 12.2 Å². The minimum absolute atomic E-state index is 0.0356. The van der Waals surface area contributed by atoms with Gasteiger partial charge in [0.2, 0.25) is 5.91 Å². The number of nitrogens with one attached hydrogen (secondary N) is 4. The van der Waals surface area contributed by atoms with E-state index in [1.165, 1.54) is 13.2 Å². The molecule has 0 aliphatic carbocycles. The predicted octanol–water partition coefficient (Wildman–Crippen LogP) is 3.61. The van der Waals surface area contributed by atoms with Gasteiger partial charge in [-0.25, -0.2) is 0 Å². The third-order valence-corrected chi connectivity index (χ3v) is 9.39. The fraction of sp³-hybridized carbons (Fsp3) is 0.333. The molecule has 0 spiro atoms. The highest BCUT2D eigenvalue weighted by Gasteiger charge is 2.34. The lowest BCUT2D eigenvalue weighted by Crippen LogP contribution is -2.35. The number of anilines is 3. The molecule has 2 aliphatic heterocycles. The highest BCUT2D eigenvalue weighted by atomic mass is 16.5. The van der Waals surface area contributed by atoms with E-state index in [9.17, 15) is 24.0 Å². The lowest BCUT2D eigenvalue weighted by atomic mass is 10.1. The van der Waals surface area contributed by atoms with Crippen LogP contribution in [0.1, 0.15) is 67.5 Å². The molecule has 1 fully saturated rings. The summed E-state index contributed by atoms with van der Waals surface area (Å²) < 4.78 is 16.2. The number of hydrogen-bond donors (Lipinski definition) is 5. The van der Waals surface area contributed by atoms with Crippen molar-refractivity contribution in [1.82, 2.24) is 23.9 Å². The van der Waals surface area contributed by atoms with Crippen LogP contribution in [0.15, 0.2) is 66.1 Å². The van der Waals surface area contributed by atoms with Crippen LogP contribution in [0.4, 0.5) is 22.7 Å². The van der Waals surface area contributed by atoms with E-state index in [1.54, 1.807) is 88.8 Å². The number of carbonyl (C=O) groups is 5. The van der Waals surface area contributed by atoms with E-state index in [-0.39, 0.29) is 54.8 Å². The van der Waals surface area contributed by atoms with Gasteiger partial charge in [-0.3, -0.25) is 29.0 Å². The van der Waals surface area contributed by atoms with Gasteiger partial charge >= 0.3 is 0 Å². The van der Waals surface area contributed by atoms with Crippen molar-refractivity contribution in [3.8, 4) is 11.5 Å². The van der Waals surface area contributed by atoms with Crippen molar-refractivity contribution in [2.75, 3.05) is 49.4 Å². The highest BCUT2D eigenvalue weighted by molar-refractivity contribution is 6.08. The zero-order chi connectivity index (χ0) is 40.1. The van der Waals surface area contributed by atoms with E-state index in [2.05, 4.69) is 32.8 Å². The maximum absolute atomic E-state index is 13.2. The van der Waals surface area contributed by atoms with Gasteiger partial charge in [0.25, 0.3) is 23.6 Å². The van der Waals surface area contributed by atoms with Crippen LogP contribution in [0.5, 0.6) is 11.5 Å². The monoisotopic (exact) mass is 767 g/mol. The second-order valence-corrected chi connectivity index (χ2v) is 13.7. The minimum atomic E-state index is -0.453. The van der Waals surface area contributed by atoms with Crippen LogP contribution in [0.25, 0.3) is 0 Å². The zero-order valence-electron chi connectivity index (χ0n) is 31.7. The average Bonchev–Trinajstić information content (AvgIpc) is 3.91. The summed E-state index contributed by atoms with van der Waals surface area (Å²) in [6.07, 6.45) is 8.21. The molecule has 17 heteroatoms. The van der Waals surface area contributed by atoms with Gasteiger partial charge < -0.3 is 54.4 Å².